The van der Waals surface area contributed by atoms with Crippen molar-refractivity contribution in [2.45, 2.75) is 14.7 Å². The van der Waals surface area contributed by atoms with Gasteiger partial charge in [-0.15, -0.1) is 11.3 Å². The normalized spacial score (nSPS) is 13.6. The van der Waals surface area contributed by atoms with E-state index in [0.29, 0.717) is 0 Å². The molecule has 0 N–H and O–H groups in total. The topological polar surface area (TPSA) is 0 Å². The summed E-state index contributed by atoms with van der Waals surface area (Å²) in [6.45, 7) is 0. The molecule has 0 saturated heterocycles. The molecule has 0 nitrogen and oxygen atoms in total. The Bertz CT molecular complexity index is 1050. The number of rotatable bonds is 4. The molecule has 3 aromatic carbocycles. The molecule has 0 unspecified atom stereocenters. The molecule has 0 bridgehead atoms. The Hall–Kier alpha value is -2.28. The average Bonchev–Trinajstić information content (AvgIpc) is 3.23. The van der Waals surface area contributed by atoms with Crippen molar-refractivity contribution in [3.05, 3.63) is 102 Å². The van der Waals surface area contributed by atoms with Crippen LogP contribution in [0.25, 0.3) is 10.4 Å². The fourth-order valence-corrected chi connectivity index (χ4v) is 5.54. The van der Waals surface area contributed by atoms with Crippen molar-refractivity contribution in [1.29, 1.82) is 0 Å². The summed E-state index contributed by atoms with van der Waals surface area (Å²) < 4.78 is 59.2. The number of halogens is 6. The fourth-order valence-electron chi connectivity index (χ4n) is 2.72. The first-order chi connectivity index (χ1) is 14.4. The molecule has 4 rings (SSSR count). The minimum atomic E-state index is -10.7. The maximum absolute atomic E-state index is 10.7. The van der Waals surface area contributed by atoms with Gasteiger partial charge in [0, 0.05) is 4.88 Å². The van der Waals surface area contributed by atoms with Crippen molar-refractivity contribution in [2.75, 3.05) is 0 Å². The van der Waals surface area contributed by atoms with Crippen molar-refractivity contribution in [3.8, 4) is 10.4 Å². The Labute approximate surface area is 182 Å². The summed E-state index contributed by atoms with van der Waals surface area (Å²) in [5, 5.41) is 2.13. The van der Waals surface area contributed by atoms with Gasteiger partial charge in [0.1, 0.15) is 0 Å². The fraction of sp³-hybridized carbons (Fsp3) is 0. The Morgan fingerprint density at radius 3 is 1.32 bits per heavy atom. The summed E-state index contributed by atoms with van der Waals surface area (Å²) in [6, 6.07) is 34.9. The van der Waals surface area contributed by atoms with Crippen LogP contribution in [-0.4, -0.2) is 0 Å². The van der Waals surface area contributed by atoms with Gasteiger partial charge < -0.3 is 0 Å². The molecule has 164 valence electrons. The largest absolute Gasteiger partial charge is 0.166 e. The summed E-state index contributed by atoms with van der Waals surface area (Å²) in [7, 11) is -10.7. The zero-order valence-corrected chi connectivity index (χ0v) is 18.4. The Kier molecular flexibility index (Phi) is 6.29. The second-order valence-corrected chi connectivity index (χ2v) is 11.3. The van der Waals surface area contributed by atoms with Gasteiger partial charge in [-0.3, -0.25) is 0 Å². The summed E-state index contributed by atoms with van der Waals surface area (Å²) in [4.78, 5) is 5.38. The van der Waals surface area contributed by atoms with Gasteiger partial charge in [0.15, 0.2) is 14.7 Å². The molecular weight excluding hydrogens is 473 g/mol. The number of hydrogen-bond acceptors (Lipinski definition) is 1. The smallest absolute Gasteiger partial charge is 0.144 e. The minimum absolute atomic E-state index is 0.0663. The minimum Gasteiger partial charge on any atom is -0.144 e. The quantitative estimate of drug-likeness (QED) is 0.152. The monoisotopic (exact) mass is 490 g/mol. The number of thiophene rings is 1. The van der Waals surface area contributed by atoms with E-state index < -0.39 is 7.81 Å². The molecule has 0 radical (unpaired) electrons. The van der Waals surface area contributed by atoms with Gasteiger partial charge in [0.2, 0.25) is 0 Å². The predicted molar refractivity (Wildman–Crippen MR) is 118 cm³/mol. The third-order valence-electron chi connectivity index (χ3n) is 3.85. The van der Waals surface area contributed by atoms with E-state index >= 15 is 0 Å². The predicted octanol–water partition coefficient (Wildman–Crippen LogP) is 9.89. The van der Waals surface area contributed by atoms with Crippen LogP contribution in [0.1, 0.15) is 0 Å². The molecule has 4 aromatic rings. The van der Waals surface area contributed by atoms with Gasteiger partial charge in [0.05, 0.1) is 10.9 Å². The molecule has 0 aliphatic carbocycles. The average molecular weight is 490 g/mol. The van der Waals surface area contributed by atoms with E-state index in [9.17, 15) is 25.2 Å². The van der Waals surface area contributed by atoms with E-state index in [1.165, 1.54) is 25.1 Å². The van der Waals surface area contributed by atoms with Crippen molar-refractivity contribution in [1.82, 2.24) is 0 Å². The van der Waals surface area contributed by atoms with Gasteiger partial charge >= 0.3 is 33.0 Å². The zero-order chi connectivity index (χ0) is 22.6. The van der Waals surface area contributed by atoms with Crippen LogP contribution >= 0.6 is 19.1 Å². The van der Waals surface area contributed by atoms with E-state index in [4.69, 9.17) is 0 Å². The molecule has 0 atom stereocenters. The Balaban J connectivity index is 0.000000339. The van der Waals surface area contributed by atoms with Crippen molar-refractivity contribution < 1.29 is 25.2 Å². The van der Waals surface area contributed by atoms with Crippen molar-refractivity contribution >= 4 is 30.0 Å². The number of benzene rings is 3. The third-order valence-corrected chi connectivity index (χ3v) is 7.00. The third kappa shape index (κ3) is 8.40. The summed E-state index contributed by atoms with van der Waals surface area (Å²) >= 11 is 1.79. The van der Waals surface area contributed by atoms with Crippen LogP contribution in [-0.2, 0) is 10.9 Å². The second-order valence-electron chi connectivity index (χ2n) is 6.39. The Morgan fingerprint density at radius 2 is 0.935 bits per heavy atom. The molecule has 0 fully saturated rings. The van der Waals surface area contributed by atoms with Crippen LogP contribution in [0.4, 0.5) is 25.2 Å². The van der Waals surface area contributed by atoms with E-state index in [1.54, 1.807) is 11.3 Å². The first kappa shape index (κ1) is 23.4. The molecule has 0 spiro atoms. The molecule has 1 aromatic heterocycles. The maximum atomic E-state index is 9.87. The molecule has 0 aliphatic heterocycles. The maximum Gasteiger partial charge on any atom is 0.166 e. The van der Waals surface area contributed by atoms with Gasteiger partial charge in [-0.25, -0.2) is 0 Å². The number of hydrogen-bond donors (Lipinski definition) is 0. The van der Waals surface area contributed by atoms with Crippen LogP contribution in [0.5, 0.6) is 0 Å². The second kappa shape index (κ2) is 8.34. The SMILES string of the molecule is F[P-](F)(F)(F)(F)F.c1ccc([S+](c2ccccc2)c2ccc(-c3cccs3)cc2)cc1. The van der Waals surface area contributed by atoms with Gasteiger partial charge in [-0.05, 0) is 65.5 Å². The Morgan fingerprint density at radius 1 is 0.516 bits per heavy atom. The van der Waals surface area contributed by atoms with Crippen LogP contribution in [0.3, 0.4) is 0 Å². The summed E-state index contributed by atoms with van der Waals surface area (Å²) in [6.07, 6.45) is 0. The molecule has 1 heterocycles. The van der Waals surface area contributed by atoms with Crippen LogP contribution < -0.4 is 0 Å². The first-order valence-electron chi connectivity index (χ1n) is 8.91. The van der Waals surface area contributed by atoms with Gasteiger partial charge in [0.25, 0.3) is 0 Å². The molecule has 0 amide bonds. The molecule has 9 heteroatoms. The zero-order valence-electron chi connectivity index (χ0n) is 15.8. The van der Waals surface area contributed by atoms with Crippen LogP contribution in [0.2, 0.25) is 0 Å². The molecule has 0 aliphatic rings. The van der Waals surface area contributed by atoms with Gasteiger partial charge in [-0.1, -0.05) is 42.5 Å². The van der Waals surface area contributed by atoms with Crippen LogP contribution in [0.15, 0.2) is 117 Å². The van der Waals surface area contributed by atoms with E-state index in [0.717, 1.165) is 0 Å². The van der Waals surface area contributed by atoms with E-state index in [-0.39, 0.29) is 10.9 Å². The molecule has 0 saturated carbocycles. The molecular formula is C22H17F6PS2. The van der Waals surface area contributed by atoms with Crippen molar-refractivity contribution in [3.63, 3.8) is 0 Å². The molecule has 31 heavy (non-hydrogen) atoms. The summed E-state index contributed by atoms with van der Waals surface area (Å²) in [5.41, 5.74) is 1.29. The van der Waals surface area contributed by atoms with E-state index in [1.807, 2.05) is 0 Å². The van der Waals surface area contributed by atoms with Gasteiger partial charge in [-0.2, -0.15) is 0 Å². The van der Waals surface area contributed by atoms with Crippen LogP contribution in [0, 0.1) is 0 Å². The van der Waals surface area contributed by atoms with E-state index in [2.05, 4.69) is 102 Å². The summed E-state index contributed by atoms with van der Waals surface area (Å²) in [5.74, 6) is 0. The first-order valence-corrected chi connectivity index (χ1v) is 13.0. The standard InChI is InChI=1S/C22H17S2.F6P/c1-3-8-19(9-4-1)24(20-10-5-2-6-11-20)21-15-13-18(14-16-21)22-12-7-17-23-22;1-7(2,3,4,5)6/h1-17H;/q+1;-1. The van der Waals surface area contributed by atoms with Crippen molar-refractivity contribution in [2.24, 2.45) is 0 Å².